The second kappa shape index (κ2) is 10.7. The Kier molecular flexibility index (Phi) is 21.3. The van der Waals surface area contributed by atoms with Crippen LogP contribution in [0.25, 0.3) is 0 Å². The molecule has 0 atom stereocenters. The van der Waals surface area contributed by atoms with Crippen molar-refractivity contribution in [2.45, 2.75) is 20.3 Å². The zero-order valence-corrected chi connectivity index (χ0v) is 8.37. The summed E-state index contributed by atoms with van der Waals surface area (Å²) in [5.74, 6) is 2.92. The van der Waals surface area contributed by atoms with Crippen LogP contribution in [0, 0.1) is 18.3 Å². The molecule has 0 aromatic carbocycles. The minimum atomic E-state index is 0. The fraction of sp³-hybridized carbons (Fsp3) is 0.667. The van der Waals surface area contributed by atoms with E-state index >= 15 is 0 Å². The molecule has 0 saturated carbocycles. The SMILES string of the molecule is [Br-].[C-]#CCC(C)C.[Mg+2]. The van der Waals surface area contributed by atoms with Crippen LogP contribution in [0.3, 0.4) is 0 Å². The molecule has 0 nitrogen and oxygen atoms in total. The number of rotatable bonds is 1. The first-order valence-corrected chi connectivity index (χ1v) is 2.17. The molecule has 0 aromatic heterocycles. The molecule has 0 radical (unpaired) electrons. The van der Waals surface area contributed by atoms with Gasteiger partial charge in [0.25, 0.3) is 0 Å². The van der Waals surface area contributed by atoms with E-state index in [1.165, 1.54) is 0 Å². The van der Waals surface area contributed by atoms with Crippen LogP contribution in [-0.2, 0) is 0 Å². The van der Waals surface area contributed by atoms with E-state index in [4.69, 9.17) is 6.42 Å². The van der Waals surface area contributed by atoms with Crippen LogP contribution in [0.1, 0.15) is 20.3 Å². The van der Waals surface area contributed by atoms with Crippen molar-refractivity contribution in [2.24, 2.45) is 5.92 Å². The van der Waals surface area contributed by atoms with Gasteiger partial charge in [-0.25, -0.2) is 0 Å². The largest absolute Gasteiger partial charge is 2.00 e. The van der Waals surface area contributed by atoms with Gasteiger partial charge in [-0.15, -0.1) is 0 Å². The molecule has 0 aliphatic rings. The summed E-state index contributed by atoms with van der Waals surface area (Å²) in [6.45, 7) is 4.14. The molecule has 0 N–H and O–H groups in total. The van der Waals surface area contributed by atoms with Crippen molar-refractivity contribution in [1.29, 1.82) is 0 Å². The second-order valence-corrected chi connectivity index (χ2v) is 1.77. The minimum absolute atomic E-state index is 0. The monoisotopic (exact) mass is 184 g/mol. The predicted molar refractivity (Wildman–Crippen MR) is 32.3 cm³/mol. The van der Waals surface area contributed by atoms with Crippen LogP contribution in [0.4, 0.5) is 0 Å². The number of hydrogen-bond acceptors (Lipinski definition) is 0. The topological polar surface area (TPSA) is 0 Å². The summed E-state index contributed by atoms with van der Waals surface area (Å²) in [7, 11) is 0. The van der Waals surface area contributed by atoms with Gasteiger partial charge in [0.15, 0.2) is 0 Å². The summed E-state index contributed by atoms with van der Waals surface area (Å²) in [6, 6.07) is 0. The van der Waals surface area contributed by atoms with Crippen molar-refractivity contribution >= 4 is 23.1 Å². The van der Waals surface area contributed by atoms with Crippen LogP contribution in [0.15, 0.2) is 0 Å². The Morgan fingerprint density at radius 2 is 1.88 bits per heavy atom. The molecule has 8 heavy (non-hydrogen) atoms. The molecule has 0 bridgehead atoms. The molecule has 0 heterocycles. The van der Waals surface area contributed by atoms with E-state index in [9.17, 15) is 0 Å². The third-order valence-electron chi connectivity index (χ3n) is 0.510. The number of hydrogen-bond donors (Lipinski definition) is 0. The molecule has 0 rings (SSSR count). The predicted octanol–water partition coefficient (Wildman–Crippen LogP) is -1.75. The quantitative estimate of drug-likeness (QED) is 0.258. The summed E-state index contributed by atoms with van der Waals surface area (Å²) in [5, 5.41) is 0. The van der Waals surface area contributed by atoms with Gasteiger partial charge >= 0.3 is 23.1 Å². The van der Waals surface area contributed by atoms with Gasteiger partial charge in [-0.1, -0.05) is 13.8 Å². The molecule has 0 unspecified atom stereocenters. The molecular weight excluding hydrogens is 176 g/mol. The van der Waals surface area contributed by atoms with Gasteiger partial charge in [0, 0.05) is 0 Å². The second-order valence-electron chi connectivity index (χ2n) is 1.77. The average Bonchev–Trinajstić information content (AvgIpc) is 1.35. The maximum atomic E-state index is 6.48. The Labute approximate surface area is 78.3 Å². The van der Waals surface area contributed by atoms with Crippen molar-refractivity contribution in [1.82, 2.24) is 0 Å². The normalized spacial score (nSPS) is 6.25. The Bertz CT molecular complexity index is 63.4. The molecule has 42 valence electrons. The third kappa shape index (κ3) is 15.8. The summed E-state index contributed by atoms with van der Waals surface area (Å²) in [6.07, 6.45) is 7.27. The van der Waals surface area contributed by atoms with Gasteiger partial charge in [0.2, 0.25) is 0 Å². The summed E-state index contributed by atoms with van der Waals surface area (Å²) < 4.78 is 0. The summed E-state index contributed by atoms with van der Waals surface area (Å²) in [5.41, 5.74) is 0. The smallest absolute Gasteiger partial charge is 1.00 e. The first-order chi connectivity index (χ1) is 2.77. The van der Waals surface area contributed by atoms with Crippen LogP contribution in [0.5, 0.6) is 0 Å². The van der Waals surface area contributed by atoms with Crippen LogP contribution in [0.2, 0.25) is 0 Å². The molecule has 0 spiro atoms. The van der Waals surface area contributed by atoms with E-state index in [2.05, 4.69) is 19.8 Å². The standard InChI is InChI=1S/C6H9.BrH.Mg/c1-4-5-6(2)3;;/h6H,5H2,2-3H3;1H;/q-1;;+2/p-1. The Hall–Kier alpha value is 0.806. The molecule has 2 heteroatoms. The van der Waals surface area contributed by atoms with Crippen LogP contribution in [-0.4, -0.2) is 23.1 Å². The van der Waals surface area contributed by atoms with Gasteiger partial charge < -0.3 is 29.3 Å². The van der Waals surface area contributed by atoms with Crippen molar-refractivity contribution in [3.8, 4) is 5.92 Å². The Morgan fingerprint density at radius 3 is 1.88 bits per heavy atom. The summed E-state index contributed by atoms with van der Waals surface area (Å²) in [4.78, 5) is 0. The first kappa shape index (κ1) is 15.9. The maximum absolute atomic E-state index is 6.48. The van der Waals surface area contributed by atoms with Crippen molar-refractivity contribution in [2.75, 3.05) is 0 Å². The van der Waals surface area contributed by atoms with E-state index < -0.39 is 0 Å². The van der Waals surface area contributed by atoms with Gasteiger partial charge in [0.05, 0.1) is 0 Å². The van der Waals surface area contributed by atoms with Gasteiger partial charge in [-0.2, -0.15) is 0 Å². The van der Waals surface area contributed by atoms with E-state index in [0.717, 1.165) is 6.42 Å². The average molecular weight is 185 g/mol. The van der Waals surface area contributed by atoms with Crippen LogP contribution < -0.4 is 17.0 Å². The number of halogens is 1. The zero-order chi connectivity index (χ0) is 4.99. The van der Waals surface area contributed by atoms with E-state index in [0.29, 0.717) is 5.92 Å². The molecule has 0 amide bonds. The maximum Gasteiger partial charge on any atom is 2.00 e. The van der Waals surface area contributed by atoms with E-state index in [1.54, 1.807) is 0 Å². The third-order valence-corrected chi connectivity index (χ3v) is 0.510. The molecule has 0 fully saturated rings. The van der Waals surface area contributed by atoms with E-state index in [-0.39, 0.29) is 40.0 Å². The molecule has 0 saturated heterocycles. The fourth-order valence-corrected chi connectivity index (χ4v) is 0.204. The summed E-state index contributed by atoms with van der Waals surface area (Å²) >= 11 is 0. The molecule has 0 aliphatic heterocycles. The van der Waals surface area contributed by atoms with E-state index in [1.807, 2.05) is 0 Å². The van der Waals surface area contributed by atoms with Crippen molar-refractivity contribution < 1.29 is 17.0 Å². The van der Waals surface area contributed by atoms with Gasteiger partial charge in [-0.05, 0) is 12.3 Å². The van der Waals surface area contributed by atoms with Crippen LogP contribution >= 0.6 is 0 Å². The van der Waals surface area contributed by atoms with Crippen molar-refractivity contribution in [3.63, 3.8) is 0 Å². The molecular formula is C6H9BrMg. The van der Waals surface area contributed by atoms with Gasteiger partial charge in [-0.3, -0.25) is 0 Å². The van der Waals surface area contributed by atoms with Crippen molar-refractivity contribution in [3.05, 3.63) is 6.42 Å². The molecule has 0 aromatic rings. The fourth-order valence-electron chi connectivity index (χ4n) is 0.204. The Balaban J connectivity index is -0.000000125. The Morgan fingerprint density at radius 1 is 1.50 bits per heavy atom. The first-order valence-electron chi connectivity index (χ1n) is 2.17. The zero-order valence-electron chi connectivity index (χ0n) is 5.37. The van der Waals surface area contributed by atoms with Gasteiger partial charge in [0.1, 0.15) is 0 Å². The molecule has 0 aliphatic carbocycles. The minimum Gasteiger partial charge on any atom is -1.00 e.